The fraction of sp³-hybridized carbons (Fsp3) is 0.0625. The summed E-state index contributed by atoms with van der Waals surface area (Å²) < 4.78 is 5.27. The quantitative estimate of drug-likeness (QED) is 0.574. The third-order valence-corrected chi connectivity index (χ3v) is 4.24. The Labute approximate surface area is 162 Å². The molecule has 1 heterocycles. The van der Waals surface area contributed by atoms with Gasteiger partial charge < -0.3 is 9.84 Å². The van der Waals surface area contributed by atoms with Crippen LogP contribution < -0.4 is 5.32 Å². The van der Waals surface area contributed by atoms with E-state index in [1.165, 1.54) is 0 Å². The highest BCUT2D eigenvalue weighted by molar-refractivity contribution is 6.54. The number of hydrogen-bond acceptors (Lipinski definition) is 4. The summed E-state index contributed by atoms with van der Waals surface area (Å²) in [5.74, 6) is 0.0658. The van der Waals surface area contributed by atoms with Crippen LogP contribution in [0.25, 0.3) is 22.8 Å². The molecule has 0 radical (unpaired) electrons. The first-order valence-corrected chi connectivity index (χ1v) is 8.56. The van der Waals surface area contributed by atoms with Gasteiger partial charge in [0.25, 0.3) is 11.8 Å². The van der Waals surface area contributed by atoms with Gasteiger partial charge in [0.2, 0.25) is 5.82 Å². The summed E-state index contributed by atoms with van der Waals surface area (Å²) >= 11 is 23.3. The second-order valence-corrected chi connectivity index (χ2v) is 6.80. The number of hydrogen-bond donors (Lipinski definition) is 1. The molecule has 0 unspecified atom stereocenters. The molecule has 1 amide bonds. The monoisotopic (exact) mass is 415 g/mol. The highest BCUT2D eigenvalue weighted by Gasteiger charge is 2.16. The minimum Gasteiger partial charge on any atom is -0.334 e. The van der Waals surface area contributed by atoms with Crippen molar-refractivity contribution >= 4 is 58.0 Å². The SMILES string of the molecule is O=C(Nc1ccc(-c2nc(-c3c(Cl)cccc3Cl)no2)cc1)C(Cl)Cl. The van der Waals surface area contributed by atoms with E-state index in [9.17, 15) is 4.79 Å². The molecule has 1 aromatic heterocycles. The van der Waals surface area contributed by atoms with Gasteiger partial charge in [-0.15, -0.1) is 0 Å². The molecule has 3 rings (SSSR count). The number of rotatable bonds is 4. The number of nitrogens with one attached hydrogen (secondary N) is 1. The molecule has 25 heavy (non-hydrogen) atoms. The van der Waals surface area contributed by atoms with Crippen molar-refractivity contribution in [1.82, 2.24) is 10.1 Å². The lowest BCUT2D eigenvalue weighted by atomic mass is 10.2. The maximum atomic E-state index is 11.5. The van der Waals surface area contributed by atoms with Crippen LogP contribution >= 0.6 is 46.4 Å². The van der Waals surface area contributed by atoms with Gasteiger partial charge in [0.05, 0.1) is 15.6 Å². The number of carbonyl (C=O) groups is 1. The van der Waals surface area contributed by atoms with Crippen LogP contribution in [0.2, 0.25) is 10.0 Å². The number of halogens is 4. The summed E-state index contributed by atoms with van der Waals surface area (Å²) in [6, 6.07) is 11.9. The average Bonchev–Trinajstić information content (AvgIpc) is 3.05. The first-order valence-electron chi connectivity index (χ1n) is 6.93. The zero-order chi connectivity index (χ0) is 18.0. The van der Waals surface area contributed by atoms with Crippen molar-refractivity contribution in [3.63, 3.8) is 0 Å². The molecule has 128 valence electrons. The molecule has 2 aromatic carbocycles. The Morgan fingerprint density at radius 3 is 2.28 bits per heavy atom. The minimum atomic E-state index is -1.14. The minimum absolute atomic E-state index is 0.287. The molecule has 0 bridgehead atoms. The fourth-order valence-electron chi connectivity index (χ4n) is 2.05. The van der Waals surface area contributed by atoms with Gasteiger partial charge in [-0.1, -0.05) is 57.6 Å². The van der Waals surface area contributed by atoms with Gasteiger partial charge in [-0.25, -0.2) is 0 Å². The molecule has 1 N–H and O–H groups in total. The molecule has 0 atom stereocenters. The maximum Gasteiger partial charge on any atom is 0.258 e. The summed E-state index contributed by atoms with van der Waals surface area (Å²) in [4.78, 5) is 14.6. The van der Waals surface area contributed by atoms with Crippen LogP contribution in [0.1, 0.15) is 0 Å². The van der Waals surface area contributed by atoms with Gasteiger partial charge in [-0.2, -0.15) is 4.98 Å². The van der Waals surface area contributed by atoms with Crippen LogP contribution in [-0.4, -0.2) is 20.9 Å². The van der Waals surface area contributed by atoms with E-state index in [1.54, 1.807) is 42.5 Å². The summed E-state index contributed by atoms with van der Waals surface area (Å²) in [7, 11) is 0. The number of amides is 1. The van der Waals surface area contributed by atoms with E-state index >= 15 is 0 Å². The molecular formula is C16H9Cl4N3O2. The Kier molecular flexibility index (Phi) is 5.49. The number of benzene rings is 2. The van der Waals surface area contributed by atoms with Gasteiger partial charge in [0.1, 0.15) is 0 Å². The van der Waals surface area contributed by atoms with E-state index in [2.05, 4.69) is 15.5 Å². The van der Waals surface area contributed by atoms with E-state index in [0.29, 0.717) is 26.9 Å². The largest absolute Gasteiger partial charge is 0.334 e. The lowest BCUT2D eigenvalue weighted by Crippen LogP contribution is -2.18. The van der Waals surface area contributed by atoms with E-state index in [4.69, 9.17) is 50.9 Å². The van der Waals surface area contributed by atoms with Crippen LogP contribution in [0.5, 0.6) is 0 Å². The molecule has 0 spiro atoms. The number of carbonyl (C=O) groups excluding carboxylic acids is 1. The Balaban J connectivity index is 1.84. The predicted molar refractivity (Wildman–Crippen MR) is 99.3 cm³/mol. The van der Waals surface area contributed by atoms with Crippen molar-refractivity contribution in [1.29, 1.82) is 0 Å². The molecular weight excluding hydrogens is 408 g/mol. The Morgan fingerprint density at radius 2 is 1.68 bits per heavy atom. The Morgan fingerprint density at radius 1 is 1.04 bits per heavy atom. The Hall–Kier alpha value is -1.79. The van der Waals surface area contributed by atoms with Crippen LogP contribution in [-0.2, 0) is 4.79 Å². The molecule has 0 saturated heterocycles. The summed E-state index contributed by atoms with van der Waals surface area (Å²) in [6.45, 7) is 0. The summed E-state index contributed by atoms with van der Waals surface area (Å²) in [5.41, 5.74) is 1.70. The van der Waals surface area contributed by atoms with Crippen molar-refractivity contribution in [2.24, 2.45) is 0 Å². The zero-order valence-electron chi connectivity index (χ0n) is 12.3. The van der Waals surface area contributed by atoms with E-state index in [1.807, 2.05) is 0 Å². The topological polar surface area (TPSA) is 68.0 Å². The molecule has 0 aliphatic heterocycles. The molecule has 5 nitrogen and oxygen atoms in total. The van der Waals surface area contributed by atoms with Crippen LogP contribution in [0.4, 0.5) is 5.69 Å². The van der Waals surface area contributed by atoms with E-state index < -0.39 is 10.7 Å². The van der Waals surface area contributed by atoms with Crippen LogP contribution in [0, 0.1) is 0 Å². The fourth-order valence-corrected chi connectivity index (χ4v) is 2.72. The number of anilines is 1. The van der Waals surface area contributed by atoms with Gasteiger partial charge in [0.15, 0.2) is 4.84 Å². The molecule has 0 aliphatic carbocycles. The first kappa shape index (κ1) is 18.0. The number of alkyl halides is 2. The van der Waals surface area contributed by atoms with Crippen LogP contribution in [0.15, 0.2) is 47.0 Å². The van der Waals surface area contributed by atoms with Gasteiger partial charge >= 0.3 is 0 Å². The predicted octanol–water partition coefficient (Wildman–Crippen LogP) is 5.45. The number of aromatic nitrogens is 2. The van der Waals surface area contributed by atoms with Crippen LogP contribution in [0.3, 0.4) is 0 Å². The van der Waals surface area contributed by atoms with Gasteiger partial charge in [-0.05, 0) is 36.4 Å². The standard InChI is InChI=1S/C16H9Cl4N3O2/c17-10-2-1-3-11(18)12(10)14-22-16(25-23-14)8-4-6-9(7-5-8)21-15(24)13(19)20/h1-7,13H,(H,21,24). The normalized spacial score (nSPS) is 10.9. The molecule has 0 fully saturated rings. The second kappa shape index (κ2) is 7.62. The summed E-state index contributed by atoms with van der Waals surface area (Å²) in [5, 5.41) is 7.33. The molecule has 9 heteroatoms. The molecule has 3 aromatic rings. The first-order chi connectivity index (χ1) is 12.0. The lowest BCUT2D eigenvalue weighted by molar-refractivity contribution is -0.114. The lowest BCUT2D eigenvalue weighted by Gasteiger charge is -2.05. The highest BCUT2D eigenvalue weighted by Crippen LogP contribution is 2.33. The maximum absolute atomic E-state index is 11.5. The second-order valence-electron chi connectivity index (χ2n) is 4.89. The number of nitrogens with zero attached hydrogens (tertiary/aromatic N) is 2. The van der Waals surface area contributed by atoms with Crippen molar-refractivity contribution in [2.75, 3.05) is 5.32 Å². The molecule has 0 saturated carbocycles. The average molecular weight is 417 g/mol. The van der Waals surface area contributed by atoms with E-state index in [-0.39, 0.29) is 11.7 Å². The smallest absolute Gasteiger partial charge is 0.258 e. The highest BCUT2D eigenvalue weighted by atomic mass is 35.5. The van der Waals surface area contributed by atoms with Crippen molar-refractivity contribution < 1.29 is 9.32 Å². The molecule has 0 aliphatic rings. The van der Waals surface area contributed by atoms with Crippen molar-refractivity contribution in [2.45, 2.75) is 4.84 Å². The van der Waals surface area contributed by atoms with Gasteiger partial charge in [0, 0.05) is 11.3 Å². The Bertz CT molecular complexity index is 890. The van der Waals surface area contributed by atoms with Gasteiger partial charge in [-0.3, -0.25) is 4.79 Å². The third-order valence-electron chi connectivity index (χ3n) is 3.21. The van der Waals surface area contributed by atoms with Crippen molar-refractivity contribution in [3.8, 4) is 22.8 Å². The summed E-state index contributed by atoms with van der Waals surface area (Å²) in [6.07, 6.45) is 0. The third kappa shape index (κ3) is 4.07. The van der Waals surface area contributed by atoms with E-state index in [0.717, 1.165) is 0 Å². The zero-order valence-corrected chi connectivity index (χ0v) is 15.4. The van der Waals surface area contributed by atoms with Crippen molar-refractivity contribution in [3.05, 3.63) is 52.5 Å².